The number of benzene rings is 5. The Morgan fingerprint density at radius 3 is 1.82 bits per heavy atom. The molecule has 1 aliphatic rings. The van der Waals surface area contributed by atoms with Crippen molar-refractivity contribution in [1.29, 1.82) is 0 Å². The summed E-state index contributed by atoms with van der Waals surface area (Å²) in [6.07, 6.45) is 11.1. The number of allylic oxidation sites excluding steroid dienone is 4. The van der Waals surface area contributed by atoms with Crippen molar-refractivity contribution in [3.8, 4) is 5.69 Å². The van der Waals surface area contributed by atoms with Gasteiger partial charge in [0, 0.05) is 35.9 Å². The van der Waals surface area contributed by atoms with Crippen molar-refractivity contribution in [3.05, 3.63) is 169 Å². The van der Waals surface area contributed by atoms with E-state index in [9.17, 15) is 0 Å². The lowest BCUT2D eigenvalue weighted by atomic mass is 10.1. The third-order valence-electron chi connectivity index (χ3n) is 8.02. The molecule has 0 atom stereocenters. The summed E-state index contributed by atoms with van der Waals surface area (Å²) in [6.45, 7) is 0. The van der Waals surface area contributed by atoms with Crippen molar-refractivity contribution in [2.75, 3.05) is 7.05 Å². The maximum absolute atomic E-state index is 2.69. The van der Waals surface area contributed by atoms with Gasteiger partial charge in [-0.15, -0.1) is 0 Å². The second-order valence-corrected chi connectivity index (χ2v) is 14.2. The summed E-state index contributed by atoms with van der Waals surface area (Å²) in [5.74, 6) is 0. The summed E-state index contributed by atoms with van der Waals surface area (Å²) in [5.41, 5.74) is 3.63. The van der Waals surface area contributed by atoms with Gasteiger partial charge < -0.3 is 9.47 Å². The molecular weight excluding hydrogens is 501 g/mol. The number of para-hydroxylation sites is 2. The highest BCUT2D eigenvalue weighted by molar-refractivity contribution is 7.16. The molecule has 0 aliphatic carbocycles. The monoisotopic (exact) mass is 530 g/mol. The minimum atomic E-state index is -2.69. The molecule has 5 aromatic carbocycles. The molecule has 2 nitrogen and oxygen atoms in total. The van der Waals surface area contributed by atoms with E-state index in [1.807, 2.05) is 0 Å². The summed E-state index contributed by atoms with van der Waals surface area (Å²) >= 11 is 0. The Morgan fingerprint density at radius 2 is 1.12 bits per heavy atom. The first-order valence-electron chi connectivity index (χ1n) is 13.8. The molecule has 0 amide bonds. The third kappa shape index (κ3) is 3.86. The molecule has 7 rings (SSSR count). The van der Waals surface area contributed by atoms with Crippen molar-refractivity contribution in [2.45, 2.75) is 0 Å². The van der Waals surface area contributed by atoms with E-state index in [4.69, 9.17) is 0 Å². The second-order valence-electron chi connectivity index (χ2n) is 10.4. The molecule has 0 radical (unpaired) electrons. The zero-order chi connectivity index (χ0) is 26.9. The van der Waals surface area contributed by atoms with Crippen LogP contribution in [0.3, 0.4) is 0 Å². The van der Waals surface area contributed by atoms with Gasteiger partial charge in [0.2, 0.25) is 0 Å². The van der Waals surface area contributed by atoms with Crippen LogP contribution in [0, 0.1) is 0 Å². The summed E-state index contributed by atoms with van der Waals surface area (Å²) < 4.78 is 2.39. The minimum Gasteiger partial charge on any atom is -0.357 e. The molecule has 3 heteroatoms. The molecule has 1 aromatic heterocycles. The van der Waals surface area contributed by atoms with Crippen molar-refractivity contribution < 1.29 is 0 Å². The number of hydrogen-bond acceptors (Lipinski definition) is 1. The van der Waals surface area contributed by atoms with Crippen LogP contribution in [0.5, 0.6) is 0 Å². The molecule has 6 aromatic rings. The van der Waals surface area contributed by atoms with Crippen LogP contribution >= 0.6 is 0 Å². The average Bonchev–Trinajstić information content (AvgIpc) is 3.18. The first kappa shape index (κ1) is 24.2. The summed E-state index contributed by atoms with van der Waals surface area (Å²) in [5, 5.41) is 8.03. The SMILES string of the molecule is CN1C=CC=CC([Si](c2ccccc2)(c2ccccc2)c2ccc3c(c2)c2ccccc2n3-c2ccccc2)=C1. The Kier molecular flexibility index (Phi) is 6.07. The van der Waals surface area contributed by atoms with E-state index in [-0.39, 0.29) is 0 Å². The normalized spacial score (nSPS) is 13.5. The highest BCUT2D eigenvalue weighted by Crippen LogP contribution is 2.32. The second kappa shape index (κ2) is 10.0. The quantitative estimate of drug-likeness (QED) is 0.178. The van der Waals surface area contributed by atoms with Gasteiger partial charge in [-0.25, -0.2) is 0 Å². The van der Waals surface area contributed by atoms with Gasteiger partial charge >= 0.3 is 0 Å². The molecular formula is C37H30N2Si. The summed E-state index contributed by atoms with van der Waals surface area (Å²) in [4.78, 5) is 2.18. The number of nitrogens with zero attached hydrogens (tertiary/aromatic N) is 2. The molecule has 2 heterocycles. The molecule has 0 spiro atoms. The lowest BCUT2D eigenvalue weighted by Crippen LogP contribution is -2.68. The Labute approximate surface area is 236 Å². The van der Waals surface area contributed by atoms with Crippen LogP contribution in [0.25, 0.3) is 27.5 Å². The zero-order valence-electron chi connectivity index (χ0n) is 22.5. The van der Waals surface area contributed by atoms with E-state index in [1.54, 1.807) is 0 Å². The molecule has 0 saturated heterocycles. The first-order chi connectivity index (χ1) is 19.8. The van der Waals surface area contributed by atoms with E-state index >= 15 is 0 Å². The predicted octanol–water partition coefficient (Wildman–Crippen LogP) is 6.69. The van der Waals surface area contributed by atoms with Crippen molar-refractivity contribution >= 4 is 45.4 Å². The lowest BCUT2D eigenvalue weighted by molar-refractivity contribution is 0.625. The first-order valence-corrected chi connectivity index (χ1v) is 15.8. The van der Waals surface area contributed by atoms with Gasteiger partial charge in [0.25, 0.3) is 0 Å². The highest BCUT2D eigenvalue weighted by atomic mass is 28.3. The van der Waals surface area contributed by atoms with Gasteiger partial charge in [-0.2, -0.15) is 0 Å². The van der Waals surface area contributed by atoms with E-state index in [2.05, 4.69) is 181 Å². The Balaban J connectivity index is 1.60. The van der Waals surface area contributed by atoms with Crippen LogP contribution < -0.4 is 15.6 Å². The van der Waals surface area contributed by atoms with Crippen molar-refractivity contribution in [3.63, 3.8) is 0 Å². The Hall–Kier alpha value is -4.86. The standard InChI is InChI=1S/C37H30N2Si/c1-38-26-14-13-21-33(28-38)40(30-17-7-3-8-18-30,31-19-9-4-10-20-31)32-24-25-37-35(27-32)34-22-11-12-23-36(34)39(37)29-15-5-2-6-16-29/h2-28H,1H3. The molecule has 0 saturated carbocycles. The van der Waals surface area contributed by atoms with Crippen molar-refractivity contribution in [2.24, 2.45) is 0 Å². The highest BCUT2D eigenvalue weighted by Gasteiger charge is 2.43. The fourth-order valence-corrected chi connectivity index (χ4v) is 11.1. The molecule has 1 aliphatic heterocycles. The lowest BCUT2D eigenvalue weighted by Gasteiger charge is -2.35. The van der Waals surface area contributed by atoms with E-state index in [0.717, 1.165) is 0 Å². The number of aromatic nitrogens is 1. The Bertz CT molecular complexity index is 1860. The van der Waals surface area contributed by atoms with Crippen LogP contribution in [0.4, 0.5) is 0 Å². The molecule has 192 valence electrons. The van der Waals surface area contributed by atoms with Gasteiger partial charge in [-0.05, 0) is 51.1 Å². The summed E-state index contributed by atoms with van der Waals surface area (Å²) in [6, 6.07) is 49.0. The van der Waals surface area contributed by atoms with Crippen LogP contribution in [-0.2, 0) is 0 Å². The summed E-state index contributed by atoms with van der Waals surface area (Å²) in [7, 11) is -0.568. The molecule has 0 bridgehead atoms. The van der Waals surface area contributed by atoms with Gasteiger partial charge in [0.15, 0.2) is 8.07 Å². The van der Waals surface area contributed by atoms with E-state index in [0.29, 0.717) is 0 Å². The number of fused-ring (bicyclic) bond motifs is 3. The topological polar surface area (TPSA) is 8.17 Å². The maximum atomic E-state index is 2.48. The van der Waals surface area contributed by atoms with Crippen LogP contribution in [0.2, 0.25) is 0 Å². The third-order valence-corrected chi connectivity index (χ3v) is 12.8. The minimum absolute atomic E-state index is 1.18. The van der Waals surface area contributed by atoms with Gasteiger partial charge in [-0.3, -0.25) is 0 Å². The average molecular weight is 531 g/mol. The van der Waals surface area contributed by atoms with Crippen LogP contribution in [-0.4, -0.2) is 24.6 Å². The fraction of sp³-hybridized carbons (Fsp3) is 0.0270. The number of hydrogen-bond donors (Lipinski definition) is 0. The van der Waals surface area contributed by atoms with Gasteiger partial charge in [0.1, 0.15) is 0 Å². The maximum Gasteiger partial charge on any atom is 0.181 e. The van der Waals surface area contributed by atoms with Gasteiger partial charge in [0.05, 0.1) is 11.0 Å². The fourth-order valence-electron chi connectivity index (χ4n) is 6.31. The molecule has 40 heavy (non-hydrogen) atoms. The Morgan fingerprint density at radius 1 is 0.525 bits per heavy atom. The van der Waals surface area contributed by atoms with E-state index in [1.165, 1.54) is 48.2 Å². The zero-order valence-corrected chi connectivity index (χ0v) is 23.5. The molecule has 0 unspecified atom stereocenters. The molecule has 0 fully saturated rings. The largest absolute Gasteiger partial charge is 0.357 e. The molecule has 0 N–H and O–H groups in total. The van der Waals surface area contributed by atoms with Gasteiger partial charge in [-0.1, -0.05) is 121 Å². The van der Waals surface area contributed by atoms with Crippen LogP contribution in [0.15, 0.2) is 169 Å². The number of rotatable bonds is 5. The van der Waals surface area contributed by atoms with E-state index < -0.39 is 8.07 Å². The van der Waals surface area contributed by atoms with Crippen LogP contribution in [0.1, 0.15) is 0 Å². The van der Waals surface area contributed by atoms with Crippen molar-refractivity contribution in [1.82, 2.24) is 9.47 Å². The smallest absolute Gasteiger partial charge is 0.181 e. The predicted molar refractivity (Wildman–Crippen MR) is 172 cm³/mol.